The van der Waals surface area contributed by atoms with E-state index in [0.29, 0.717) is 5.92 Å². The molecule has 0 aliphatic carbocycles. The van der Waals surface area contributed by atoms with Gasteiger partial charge in [-0.15, -0.1) is 0 Å². The van der Waals surface area contributed by atoms with Crippen LogP contribution in [-0.2, 0) is 6.42 Å². The molecule has 2 rings (SSSR count). The minimum absolute atomic E-state index is 0.519. The Labute approximate surface area is 108 Å². The van der Waals surface area contributed by atoms with Gasteiger partial charge in [-0.2, -0.15) is 0 Å². The third-order valence-electron chi connectivity index (χ3n) is 3.46. The van der Waals surface area contributed by atoms with Gasteiger partial charge in [0.2, 0.25) is 0 Å². The van der Waals surface area contributed by atoms with Gasteiger partial charge in [0.05, 0.1) is 6.26 Å². The molecule has 2 aromatic heterocycles. The van der Waals surface area contributed by atoms with Gasteiger partial charge < -0.3 is 15.1 Å². The average molecular weight is 246 g/mol. The lowest BCUT2D eigenvalue weighted by atomic mass is 9.91. The predicted molar refractivity (Wildman–Crippen MR) is 73.7 cm³/mol. The number of aryl methyl sites for hydroxylation is 3. The Kier molecular flexibility index (Phi) is 4.26. The number of nitrogens with two attached hydrogens (primary N) is 1. The normalized spacial score (nSPS) is 12.8. The molecule has 0 amide bonds. The van der Waals surface area contributed by atoms with Crippen LogP contribution in [0.1, 0.15) is 41.5 Å². The highest BCUT2D eigenvalue weighted by Crippen LogP contribution is 2.28. The van der Waals surface area contributed by atoms with Crippen LogP contribution in [0.4, 0.5) is 0 Å². The second-order valence-corrected chi connectivity index (χ2v) is 4.93. The number of aromatic amines is 1. The summed E-state index contributed by atoms with van der Waals surface area (Å²) in [4.78, 5) is 3.38. The molecule has 0 aliphatic heterocycles. The number of hydrogen-bond acceptors (Lipinski definition) is 2. The Balaban J connectivity index is 2.05. The lowest BCUT2D eigenvalue weighted by Gasteiger charge is -2.15. The highest BCUT2D eigenvalue weighted by Gasteiger charge is 2.15. The second-order valence-electron chi connectivity index (χ2n) is 4.93. The summed E-state index contributed by atoms with van der Waals surface area (Å²) in [5, 5.41) is 0. The molecule has 3 nitrogen and oxygen atoms in total. The highest BCUT2D eigenvalue weighted by molar-refractivity contribution is 5.28. The Morgan fingerprint density at radius 3 is 2.72 bits per heavy atom. The minimum atomic E-state index is 0.519. The van der Waals surface area contributed by atoms with Crippen molar-refractivity contribution in [3.8, 4) is 0 Å². The summed E-state index contributed by atoms with van der Waals surface area (Å²) in [5.74, 6) is 1.58. The zero-order chi connectivity index (χ0) is 13.0. The minimum Gasteiger partial charge on any atom is -0.469 e. The molecule has 1 unspecified atom stereocenters. The molecular formula is C15H22N2O. The summed E-state index contributed by atoms with van der Waals surface area (Å²) < 4.78 is 5.39. The quantitative estimate of drug-likeness (QED) is 0.821. The van der Waals surface area contributed by atoms with E-state index in [1.807, 2.05) is 12.1 Å². The van der Waals surface area contributed by atoms with E-state index in [1.165, 1.54) is 17.0 Å². The van der Waals surface area contributed by atoms with Gasteiger partial charge >= 0.3 is 0 Å². The zero-order valence-corrected chi connectivity index (χ0v) is 11.2. The van der Waals surface area contributed by atoms with Crippen molar-refractivity contribution in [3.05, 3.63) is 47.2 Å². The summed E-state index contributed by atoms with van der Waals surface area (Å²) in [5.41, 5.74) is 9.64. The van der Waals surface area contributed by atoms with Gasteiger partial charge in [0.1, 0.15) is 5.76 Å². The van der Waals surface area contributed by atoms with Crippen molar-refractivity contribution in [1.82, 2.24) is 4.98 Å². The molecule has 2 heterocycles. The number of rotatable bonds is 6. The van der Waals surface area contributed by atoms with Crippen LogP contribution >= 0.6 is 0 Å². The van der Waals surface area contributed by atoms with Crippen molar-refractivity contribution in [3.63, 3.8) is 0 Å². The van der Waals surface area contributed by atoms with E-state index < -0.39 is 0 Å². The van der Waals surface area contributed by atoms with Crippen molar-refractivity contribution in [2.45, 2.75) is 39.0 Å². The van der Waals surface area contributed by atoms with Gasteiger partial charge in [0, 0.05) is 17.8 Å². The first-order chi connectivity index (χ1) is 8.70. The number of H-pyrrole nitrogens is 1. The number of nitrogens with one attached hydrogen (secondary N) is 1. The fraction of sp³-hybridized carbons (Fsp3) is 0.467. The smallest absolute Gasteiger partial charge is 0.103 e. The molecule has 0 aliphatic rings. The lowest BCUT2D eigenvalue weighted by molar-refractivity contribution is 0.479. The molecule has 0 fully saturated rings. The molecule has 0 saturated carbocycles. The van der Waals surface area contributed by atoms with E-state index >= 15 is 0 Å². The molecule has 0 bridgehead atoms. The summed E-state index contributed by atoms with van der Waals surface area (Å²) in [6.07, 6.45) is 4.82. The molecule has 0 saturated heterocycles. The Morgan fingerprint density at radius 2 is 2.17 bits per heavy atom. The van der Waals surface area contributed by atoms with Crippen molar-refractivity contribution in [2.24, 2.45) is 5.73 Å². The summed E-state index contributed by atoms with van der Waals surface area (Å²) in [6.45, 7) is 4.97. The Bertz CT molecular complexity index is 471. The Morgan fingerprint density at radius 1 is 1.33 bits per heavy atom. The van der Waals surface area contributed by atoms with E-state index in [2.05, 4.69) is 24.9 Å². The first-order valence-electron chi connectivity index (χ1n) is 6.59. The SMILES string of the molecule is Cc1cc(C(CCN)CCc2ccco2)c(C)[nH]1. The van der Waals surface area contributed by atoms with Crippen molar-refractivity contribution in [2.75, 3.05) is 6.54 Å². The molecule has 1 atom stereocenters. The number of aromatic nitrogens is 1. The van der Waals surface area contributed by atoms with E-state index in [0.717, 1.165) is 31.6 Å². The van der Waals surface area contributed by atoms with Crippen LogP contribution in [-0.4, -0.2) is 11.5 Å². The zero-order valence-electron chi connectivity index (χ0n) is 11.2. The molecule has 0 spiro atoms. The maximum Gasteiger partial charge on any atom is 0.103 e. The van der Waals surface area contributed by atoms with Crippen molar-refractivity contribution < 1.29 is 4.42 Å². The van der Waals surface area contributed by atoms with E-state index in [-0.39, 0.29) is 0 Å². The van der Waals surface area contributed by atoms with Crippen molar-refractivity contribution >= 4 is 0 Å². The van der Waals surface area contributed by atoms with Crippen LogP contribution in [0.25, 0.3) is 0 Å². The third kappa shape index (κ3) is 3.05. The average Bonchev–Trinajstić information content (AvgIpc) is 2.94. The van der Waals surface area contributed by atoms with Crippen LogP contribution in [0, 0.1) is 13.8 Å². The highest BCUT2D eigenvalue weighted by atomic mass is 16.3. The van der Waals surface area contributed by atoms with Crippen LogP contribution in [0.5, 0.6) is 0 Å². The number of furan rings is 1. The molecular weight excluding hydrogens is 224 g/mol. The van der Waals surface area contributed by atoms with Crippen LogP contribution in [0.15, 0.2) is 28.9 Å². The first kappa shape index (κ1) is 13.0. The number of hydrogen-bond donors (Lipinski definition) is 2. The molecule has 98 valence electrons. The largest absolute Gasteiger partial charge is 0.469 e. The molecule has 3 heteroatoms. The molecule has 2 aromatic rings. The Hall–Kier alpha value is -1.48. The van der Waals surface area contributed by atoms with E-state index in [1.54, 1.807) is 6.26 Å². The fourth-order valence-electron chi connectivity index (χ4n) is 2.60. The topological polar surface area (TPSA) is 54.9 Å². The molecule has 3 N–H and O–H groups in total. The summed E-state index contributed by atoms with van der Waals surface area (Å²) in [6, 6.07) is 6.23. The van der Waals surface area contributed by atoms with E-state index in [4.69, 9.17) is 10.2 Å². The molecule has 0 aromatic carbocycles. The summed E-state index contributed by atoms with van der Waals surface area (Å²) in [7, 11) is 0. The first-order valence-corrected chi connectivity index (χ1v) is 6.59. The van der Waals surface area contributed by atoms with Gasteiger partial charge in [-0.3, -0.25) is 0 Å². The lowest BCUT2D eigenvalue weighted by Crippen LogP contribution is -2.09. The maximum absolute atomic E-state index is 5.74. The van der Waals surface area contributed by atoms with E-state index in [9.17, 15) is 0 Å². The van der Waals surface area contributed by atoms with Crippen LogP contribution in [0.2, 0.25) is 0 Å². The van der Waals surface area contributed by atoms with Gasteiger partial charge in [0.25, 0.3) is 0 Å². The maximum atomic E-state index is 5.74. The van der Waals surface area contributed by atoms with Crippen LogP contribution < -0.4 is 5.73 Å². The molecule has 18 heavy (non-hydrogen) atoms. The third-order valence-corrected chi connectivity index (χ3v) is 3.46. The fourth-order valence-corrected chi connectivity index (χ4v) is 2.60. The van der Waals surface area contributed by atoms with Gasteiger partial charge in [-0.1, -0.05) is 0 Å². The standard InChI is InChI=1S/C15H22N2O/c1-11-10-15(12(2)17-11)13(7-8-16)5-6-14-4-3-9-18-14/h3-4,9-10,13,17H,5-8,16H2,1-2H3. The second kappa shape index (κ2) is 5.91. The van der Waals surface area contributed by atoms with Gasteiger partial charge in [-0.05, 0) is 62.9 Å². The van der Waals surface area contributed by atoms with Crippen molar-refractivity contribution in [1.29, 1.82) is 0 Å². The molecule has 0 radical (unpaired) electrons. The van der Waals surface area contributed by atoms with Gasteiger partial charge in [-0.25, -0.2) is 0 Å². The predicted octanol–water partition coefficient (Wildman–Crippen LogP) is 3.29. The van der Waals surface area contributed by atoms with Crippen LogP contribution in [0.3, 0.4) is 0 Å². The monoisotopic (exact) mass is 246 g/mol. The summed E-state index contributed by atoms with van der Waals surface area (Å²) >= 11 is 0. The van der Waals surface area contributed by atoms with Gasteiger partial charge in [0.15, 0.2) is 0 Å².